The van der Waals surface area contributed by atoms with Crippen LogP contribution >= 0.6 is 12.2 Å². The van der Waals surface area contributed by atoms with Crippen LogP contribution in [0.3, 0.4) is 0 Å². The maximum Gasteiger partial charge on any atom is 0.288 e. The molecule has 1 aromatic heterocycles. The Morgan fingerprint density at radius 1 is 1.07 bits per heavy atom. The molecule has 3 aromatic rings. The molecule has 0 spiro atoms. The Hall–Kier alpha value is -3.04. The number of hydrogen-bond acceptors (Lipinski definition) is 7. The van der Waals surface area contributed by atoms with Crippen LogP contribution in [-0.4, -0.2) is 45.8 Å². The molecule has 1 saturated heterocycles. The minimum atomic E-state index is -0.381. The summed E-state index contributed by atoms with van der Waals surface area (Å²) in [6, 6.07) is 14.7. The maximum atomic E-state index is 10.8. The minimum absolute atomic E-state index is 0.108. The van der Waals surface area contributed by atoms with Crippen molar-refractivity contribution in [1.82, 2.24) is 14.7 Å². The molecule has 0 aliphatic carbocycles. The van der Waals surface area contributed by atoms with Crippen molar-refractivity contribution in [2.45, 2.75) is 13.6 Å². The van der Waals surface area contributed by atoms with Gasteiger partial charge in [-0.25, -0.2) is 4.68 Å². The molecule has 0 bridgehead atoms. The molecule has 150 valence electrons. The van der Waals surface area contributed by atoms with Crippen molar-refractivity contribution < 1.29 is 9.34 Å². The Labute approximate surface area is 173 Å². The number of nitrogens with zero attached hydrogens (tertiary/aromatic N) is 5. The van der Waals surface area contributed by atoms with E-state index in [4.69, 9.17) is 16.6 Å². The zero-order valence-electron chi connectivity index (χ0n) is 16.0. The average Bonchev–Trinajstić information content (AvgIpc) is 3.09. The topological polar surface area (TPSA) is 80.6 Å². The van der Waals surface area contributed by atoms with E-state index in [2.05, 4.69) is 14.9 Å². The zero-order valence-corrected chi connectivity index (χ0v) is 16.8. The monoisotopic (exact) mass is 411 g/mol. The van der Waals surface area contributed by atoms with Crippen LogP contribution in [0, 0.1) is 21.9 Å². The van der Waals surface area contributed by atoms with E-state index in [1.165, 1.54) is 5.56 Å². The largest absolute Gasteiger partial charge is 0.409 e. The van der Waals surface area contributed by atoms with Crippen LogP contribution < -0.4 is 4.90 Å². The summed E-state index contributed by atoms with van der Waals surface area (Å²) in [7, 11) is 0. The highest BCUT2D eigenvalue weighted by atomic mass is 32.1. The van der Waals surface area contributed by atoms with Crippen LogP contribution in [0.25, 0.3) is 11.5 Å². The number of non-ortho nitro benzene ring substituents is 1. The lowest BCUT2D eigenvalue weighted by Crippen LogP contribution is -2.46. The first-order valence-corrected chi connectivity index (χ1v) is 9.77. The van der Waals surface area contributed by atoms with Crippen molar-refractivity contribution in [2.75, 3.05) is 31.1 Å². The van der Waals surface area contributed by atoms with Crippen LogP contribution in [0.5, 0.6) is 0 Å². The third-order valence-corrected chi connectivity index (χ3v) is 5.33. The number of nitro benzene ring substituents is 1. The Kier molecular flexibility index (Phi) is 5.41. The van der Waals surface area contributed by atoms with Gasteiger partial charge in [-0.15, -0.1) is 5.10 Å². The predicted octanol–water partition coefficient (Wildman–Crippen LogP) is 3.87. The van der Waals surface area contributed by atoms with Crippen LogP contribution in [0.4, 0.5) is 11.4 Å². The number of nitro groups is 1. The first-order chi connectivity index (χ1) is 14.0. The summed E-state index contributed by atoms with van der Waals surface area (Å²) in [5.41, 5.74) is 3.19. The van der Waals surface area contributed by atoms with E-state index in [0.29, 0.717) is 17.4 Å². The summed E-state index contributed by atoms with van der Waals surface area (Å²) in [4.78, 5) is 15.3. The lowest BCUT2D eigenvalue weighted by Gasteiger charge is -2.35. The van der Waals surface area contributed by atoms with Crippen molar-refractivity contribution in [3.05, 3.63) is 69.0 Å². The number of hydrogen-bond donors (Lipinski definition) is 0. The summed E-state index contributed by atoms with van der Waals surface area (Å²) in [5, 5.41) is 15.3. The quantitative estimate of drug-likeness (QED) is 0.358. The standard InChI is InChI=1S/C20H21N5O3S/c1-15-2-4-16(5-3-15)19-21-24(20(29)28-19)14-22-10-12-23(13-11-22)17-6-8-18(9-7-17)25(26)27/h2-9H,10-14H2,1H3. The molecular weight excluding hydrogens is 390 g/mol. The zero-order chi connectivity index (χ0) is 20.4. The highest BCUT2D eigenvalue weighted by molar-refractivity contribution is 7.71. The van der Waals surface area contributed by atoms with Crippen molar-refractivity contribution in [3.8, 4) is 11.5 Å². The highest BCUT2D eigenvalue weighted by Gasteiger charge is 2.19. The van der Waals surface area contributed by atoms with E-state index < -0.39 is 0 Å². The number of rotatable bonds is 5. The van der Waals surface area contributed by atoms with E-state index in [1.54, 1.807) is 28.9 Å². The molecule has 29 heavy (non-hydrogen) atoms. The molecule has 1 aliphatic rings. The lowest BCUT2D eigenvalue weighted by atomic mass is 10.1. The number of anilines is 1. The van der Waals surface area contributed by atoms with Crippen molar-refractivity contribution in [3.63, 3.8) is 0 Å². The summed E-state index contributed by atoms with van der Waals surface area (Å²) in [6.45, 7) is 5.94. The van der Waals surface area contributed by atoms with Gasteiger partial charge in [0.2, 0.25) is 5.89 Å². The van der Waals surface area contributed by atoms with Gasteiger partial charge < -0.3 is 9.32 Å². The molecule has 0 atom stereocenters. The van der Waals surface area contributed by atoms with Crippen molar-refractivity contribution >= 4 is 23.6 Å². The molecule has 2 heterocycles. The van der Waals surface area contributed by atoms with Crippen molar-refractivity contribution in [2.24, 2.45) is 0 Å². The predicted molar refractivity (Wildman–Crippen MR) is 112 cm³/mol. The summed E-state index contributed by atoms with van der Waals surface area (Å²) < 4.78 is 7.39. The van der Waals surface area contributed by atoms with Gasteiger partial charge in [0.25, 0.3) is 10.5 Å². The second kappa shape index (κ2) is 8.14. The van der Waals surface area contributed by atoms with Gasteiger partial charge in [0.15, 0.2) is 0 Å². The van der Waals surface area contributed by atoms with E-state index in [9.17, 15) is 10.1 Å². The van der Waals surface area contributed by atoms with Gasteiger partial charge >= 0.3 is 0 Å². The Bertz CT molecular complexity index is 1050. The van der Waals surface area contributed by atoms with Crippen LogP contribution in [0.2, 0.25) is 0 Å². The molecule has 1 fully saturated rings. The first kappa shape index (κ1) is 19.3. The molecule has 2 aromatic carbocycles. The van der Waals surface area contributed by atoms with Crippen LogP contribution in [-0.2, 0) is 6.67 Å². The summed E-state index contributed by atoms with van der Waals surface area (Å²) >= 11 is 5.34. The van der Waals surface area contributed by atoms with Gasteiger partial charge in [0.1, 0.15) is 0 Å². The summed E-state index contributed by atoms with van der Waals surface area (Å²) in [5.74, 6) is 0.527. The first-order valence-electron chi connectivity index (χ1n) is 9.36. The van der Waals surface area contributed by atoms with Gasteiger partial charge in [0.05, 0.1) is 11.6 Å². The molecule has 0 amide bonds. The summed E-state index contributed by atoms with van der Waals surface area (Å²) in [6.07, 6.45) is 0. The Morgan fingerprint density at radius 2 is 1.72 bits per heavy atom. The van der Waals surface area contributed by atoms with Crippen LogP contribution in [0.15, 0.2) is 52.9 Å². The van der Waals surface area contributed by atoms with E-state index in [1.807, 2.05) is 31.2 Å². The fourth-order valence-corrected chi connectivity index (χ4v) is 3.51. The smallest absolute Gasteiger partial charge is 0.288 e. The average molecular weight is 411 g/mol. The number of piperazine rings is 1. The van der Waals surface area contributed by atoms with Gasteiger partial charge in [-0.1, -0.05) is 17.7 Å². The normalized spacial score (nSPS) is 14.9. The second-order valence-electron chi connectivity index (χ2n) is 7.06. The van der Waals surface area contributed by atoms with E-state index in [0.717, 1.165) is 37.4 Å². The third kappa shape index (κ3) is 4.36. The SMILES string of the molecule is Cc1ccc(-c2nn(CN3CCN(c4ccc([N+](=O)[O-])cc4)CC3)c(=S)o2)cc1. The Balaban J connectivity index is 1.38. The second-order valence-corrected chi connectivity index (χ2v) is 7.41. The van der Waals surface area contributed by atoms with Crippen LogP contribution in [0.1, 0.15) is 5.56 Å². The third-order valence-electron chi connectivity index (χ3n) is 5.04. The fourth-order valence-electron chi connectivity index (χ4n) is 3.33. The number of aryl methyl sites for hydroxylation is 1. The molecule has 0 N–H and O–H groups in total. The molecule has 9 heteroatoms. The molecule has 8 nitrogen and oxygen atoms in total. The highest BCUT2D eigenvalue weighted by Crippen LogP contribution is 2.22. The lowest BCUT2D eigenvalue weighted by molar-refractivity contribution is -0.384. The van der Waals surface area contributed by atoms with Gasteiger partial charge in [-0.05, 0) is 43.4 Å². The van der Waals surface area contributed by atoms with Gasteiger partial charge in [-0.2, -0.15) is 0 Å². The minimum Gasteiger partial charge on any atom is -0.409 e. The van der Waals surface area contributed by atoms with E-state index >= 15 is 0 Å². The van der Waals surface area contributed by atoms with Gasteiger partial charge in [0, 0.05) is 49.6 Å². The fraction of sp³-hybridized carbons (Fsp3) is 0.300. The molecule has 0 radical (unpaired) electrons. The Morgan fingerprint density at radius 3 is 2.34 bits per heavy atom. The molecule has 0 saturated carbocycles. The van der Waals surface area contributed by atoms with E-state index in [-0.39, 0.29) is 10.6 Å². The van der Waals surface area contributed by atoms with Crippen molar-refractivity contribution in [1.29, 1.82) is 0 Å². The van der Waals surface area contributed by atoms with Gasteiger partial charge in [-0.3, -0.25) is 15.0 Å². The molecule has 0 unspecified atom stereocenters. The maximum absolute atomic E-state index is 10.8. The number of aromatic nitrogens is 2. The molecular formula is C20H21N5O3S. The molecule has 4 rings (SSSR count). The number of benzene rings is 2. The molecule has 1 aliphatic heterocycles.